The first-order valence-corrected chi connectivity index (χ1v) is 10.3. The van der Waals surface area contributed by atoms with Crippen molar-refractivity contribution in [1.29, 1.82) is 0 Å². The van der Waals surface area contributed by atoms with Gasteiger partial charge in [0, 0.05) is 17.5 Å². The van der Waals surface area contributed by atoms with Crippen molar-refractivity contribution in [3.05, 3.63) is 54.3 Å². The highest BCUT2D eigenvalue weighted by Gasteiger charge is 2.24. The summed E-state index contributed by atoms with van der Waals surface area (Å²) in [5.41, 5.74) is 8.54. The number of furan rings is 1. The largest absolute Gasteiger partial charge is 0.508 e. The number of nitrogens with zero attached hydrogens (tertiary/aromatic N) is 3. The van der Waals surface area contributed by atoms with E-state index in [2.05, 4.69) is 20.1 Å². The van der Waals surface area contributed by atoms with E-state index in [1.807, 2.05) is 36.4 Å². The Morgan fingerprint density at radius 3 is 2.84 bits per heavy atom. The lowest BCUT2D eigenvalue weighted by Crippen LogP contribution is -2.40. The van der Waals surface area contributed by atoms with E-state index in [4.69, 9.17) is 10.2 Å². The first-order valence-electron chi connectivity index (χ1n) is 10.3. The number of carbonyl (C=O) groups is 1. The number of aromatic amines is 1. The van der Waals surface area contributed by atoms with E-state index >= 15 is 0 Å². The predicted octanol–water partition coefficient (Wildman–Crippen LogP) is 3.29. The molecular formula is C23H23N5O3. The lowest BCUT2D eigenvalue weighted by Gasteiger charge is -2.30. The number of rotatable bonds is 5. The molecule has 1 atom stereocenters. The number of carbonyl (C=O) groups excluding carboxylic acids is 1. The van der Waals surface area contributed by atoms with Crippen molar-refractivity contribution in [3.8, 4) is 28.5 Å². The number of nitrogens with two attached hydrogens (primary N) is 1. The quantitative estimate of drug-likeness (QED) is 0.458. The molecule has 1 aliphatic heterocycles. The van der Waals surface area contributed by atoms with Crippen LogP contribution in [0.25, 0.3) is 33.7 Å². The second kappa shape index (κ2) is 7.88. The zero-order chi connectivity index (χ0) is 21.4. The maximum Gasteiger partial charge on any atom is 0.221 e. The fourth-order valence-electron chi connectivity index (χ4n) is 4.13. The van der Waals surface area contributed by atoms with Crippen LogP contribution in [0.5, 0.6) is 5.75 Å². The van der Waals surface area contributed by atoms with Crippen molar-refractivity contribution >= 4 is 16.9 Å². The second-order valence-corrected chi connectivity index (χ2v) is 7.96. The van der Waals surface area contributed by atoms with E-state index in [0.29, 0.717) is 24.5 Å². The standard InChI is InChI=1S/C23H23N5O3/c24-22(30)15-2-1-11-28(12-15)13-17-7-10-20(31-17)21-18-8-9-19(25-23(18)27-26-21)14-3-5-16(29)6-4-14/h3-10,15,29H,1-2,11-13H2,(H2,24,30)(H,25,26,27). The van der Waals surface area contributed by atoms with Crippen LogP contribution in [0, 0.1) is 5.92 Å². The van der Waals surface area contributed by atoms with E-state index in [9.17, 15) is 9.90 Å². The number of amides is 1. The number of H-pyrrole nitrogens is 1. The molecule has 31 heavy (non-hydrogen) atoms. The number of hydrogen-bond acceptors (Lipinski definition) is 6. The van der Waals surface area contributed by atoms with Crippen LogP contribution in [0.4, 0.5) is 0 Å². The van der Waals surface area contributed by atoms with Crippen molar-refractivity contribution < 1.29 is 14.3 Å². The van der Waals surface area contributed by atoms with Crippen LogP contribution in [0.3, 0.4) is 0 Å². The van der Waals surface area contributed by atoms with Crippen LogP contribution < -0.4 is 5.73 Å². The number of piperidine rings is 1. The number of aromatic nitrogens is 3. The van der Waals surface area contributed by atoms with Gasteiger partial charge in [0.15, 0.2) is 11.4 Å². The van der Waals surface area contributed by atoms with Crippen LogP contribution in [-0.2, 0) is 11.3 Å². The Kier molecular flexibility index (Phi) is 4.91. The van der Waals surface area contributed by atoms with E-state index in [1.165, 1.54) is 0 Å². The molecule has 1 fully saturated rings. The average molecular weight is 417 g/mol. The molecule has 1 aromatic carbocycles. The van der Waals surface area contributed by atoms with Gasteiger partial charge in [0.25, 0.3) is 0 Å². The summed E-state index contributed by atoms with van der Waals surface area (Å²) in [4.78, 5) is 18.3. The summed E-state index contributed by atoms with van der Waals surface area (Å²) in [7, 11) is 0. The Hall–Kier alpha value is -3.65. The Morgan fingerprint density at radius 2 is 2.03 bits per heavy atom. The number of nitrogens with one attached hydrogen (secondary N) is 1. The number of fused-ring (bicyclic) bond motifs is 1. The average Bonchev–Trinajstić information content (AvgIpc) is 3.40. The molecule has 158 valence electrons. The number of hydrogen-bond donors (Lipinski definition) is 3. The molecular weight excluding hydrogens is 394 g/mol. The first-order chi connectivity index (χ1) is 15.1. The molecule has 0 bridgehead atoms. The summed E-state index contributed by atoms with van der Waals surface area (Å²) in [5, 5.41) is 17.7. The summed E-state index contributed by atoms with van der Waals surface area (Å²) < 4.78 is 6.08. The van der Waals surface area contributed by atoms with Crippen molar-refractivity contribution in [2.75, 3.05) is 13.1 Å². The molecule has 1 saturated heterocycles. The monoisotopic (exact) mass is 417 g/mol. The molecule has 8 heteroatoms. The van der Waals surface area contributed by atoms with E-state index in [0.717, 1.165) is 47.5 Å². The Bertz CT molecular complexity index is 1230. The molecule has 0 saturated carbocycles. The molecule has 0 radical (unpaired) electrons. The Morgan fingerprint density at radius 1 is 1.19 bits per heavy atom. The Labute approximate surface area is 178 Å². The minimum Gasteiger partial charge on any atom is -0.508 e. The summed E-state index contributed by atoms with van der Waals surface area (Å²) in [6.45, 7) is 2.23. The third kappa shape index (κ3) is 3.89. The topological polar surface area (TPSA) is 121 Å². The number of likely N-dealkylation sites (tertiary alicyclic amines) is 1. The lowest BCUT2D eigenvalue weighted by atomic mass is 9.97. The van der Waals surface area contributed by atoms with Gasteiger partial charge in [-0.2, -0.15) is 5.10 Å². The fraction of sp³-hybridized carbons (Fsp3) is 0.261. The van der Waals surface area contributed by atoms with Crippen molar-refractivity contribution in [3.63, 3.8) is 0 Å². The maximum absolute atomic E-state index is 11.5. The van der Waals surface area contributed by atoms with Gasteiger partial charge in [0.2, 0.25) is 5.91 Å². The van der Waals surface area contributed by atoms with Gasteiger partial charge in [-0.05, 0) is 67.9 Å². The van der Waals surface area contributed by atoms with E-state index in [1.54, 1.807) is 12.1 Å². The van der Waals surface area contributed by atoms with Crippen molar-refractivity contribution in [1.82, 2.24) is 20.1 Å². The molecule has 0 aliphatic carbocycles. The van der Waals surface area contributed by atoms with Crippen LogP contribution in [0.1, 0.15) is 18.6 Å². The third-order valence-electron chi connectivity index (χ3n) is 5.78. The molecule has 0 spiro atoms. The molecule has 4 heterocycles. The van der Waals surface area contributed by atoms with Gasteiger partial charge in [0.05, 0.1) is 18.2 Å². The normalized spacial score (nSPS) is 17.2. The molecule has 4 N–H and O–H groups in total. The molecule has 4 aromatic rings. The van der Waals surface area contributed by atoms with Gasteiger partial charge in [-0.25, -0.2) is 4.98 Å². The smallest absolute Gasteiger partial charge is 0.221 e. The number of aromatic hydroxyl groups is 1. The zero-order valence-corrected chi connectivity index (χ0v) is 16.9. The molecule has 8 nitrogen and oxygen atoms in total. The molecule has 1 amide bonds. The van der Waals surface area contributed by atoms with E-state index < -0.39 is 0 Å². The number of phenolic OH excluding ortho intramolecular Hbond substituents is 1. The highest BCUT2D eigenvalue weighted by atomic mass is 16.3. The SMILES string of the molecule is NC(=O)C1CCCN(Cc2ccc(-c3[nH]nc4nc(-c5ccc(O)cc5)ccc34)o2)C1. The predicted molar refractivity (Wildman–Crippen MR) is 116 cm³/mol. The summed E-state index contributed by atoms with van der Waals surface area (Å²) in [6.07, 6.45) is 1.82. The fourth-order valence-corrected chi connectivity index (χ4v) is 4.13. The minimum absolute atomic E-state index is 0.0893. The van der Waals surface area contributed by atoms with Crippen molar-refractivity contribution in [2.24, 2.45) is 11.7 Å². The summed E-state index contributed by atoms with van der Waals surface area (Å²) >= 11 is 0. The summed E-state index contributed by atoms with van der Waals surface area (Å²) in [6, 6.07) is 14.7. The van der Waals surface area contributed by atoms with Gasteiger partial charge in [0.1, 0.15) is 17.2 Å². The Balaban J connectivity index is 1.36. The number of phenols is 1. The molecule has 5 rings (SSSR count). The maximum atomic E-state index is 11.5. The van der Waals surface area contributed by atoms with Gasteiger partial charge in [-0.15, -0.1) is 0 Å². The van der Waals surface area contributed by atoms with Gasteiger partial charge in [-0.3, -0.25) is 14.8 Å². The van der Waals surface area contributed by atoms with Crippen LogP contribution in [0.15, 0.2) is 52.9 Å². The van der Waals surface area contributed by atoms with Crippen molar-refractivity contribution in [2.45, 2.75) is 19.4 Å². The molecule has 3 aromatic heterocycles. The van der Waals surface area contributed by atoms with Crippen LogP contribution in [-0.4, -0.2) is 44.2 Å². The van der Waals surface area contributed by atoms with Crippen LogP contribution in [0.2, 0.25) is 0 Å². The third-order valence-corrected chi connectivity index (χ3v) is 5.78. The number of pyridine rings is 1. The highest BCUT2D eigenvalue weighted by Crippen LogP contribution is 2.30. The lowest BCUT2D eigenvalue weighted by molar-refractivity contribution is -0.123. The van der Waals surface area contributed by atoms with Gasteiger partial charge < -0.3 is 15.3 Å². The van der Waals surface area contributed by atoms with Gasteiger partial charge >= 0.3 is 0 Å². The number of benzene rings is 1. The second-order valence-electron chi connectivity index (χ2n) is 7.96. The minimum atomic E-state index is -0.229. The highest BCUT2D eigenvalue weighted by molar-refractivity contribution is 5.90. The van der Waals surface area contributed by atoms with Crippen LogP contribution >= 0.6 is 0 Å². The number of primary amides is 1. The molecule has 1 aliphatic rings. The summed E-state index contributed by atoms with van der Waals surface area (Å²) in [5.74, 6) is 1.42. The first kappa shape index (κ1) is 19.3. The van der Waals surface area contributed by atoms with E-state index in [-0.39, 0.29) is 17.6 Å². The zero-order valence-electron chi connectivity index (χ0n) is 16.9. The van der Waals surface area contributed by atoms with Gasteiger partial charge in [-0.1, -0.05) is 0 Å². The molecule has 1 unspecified atom stereocenters.